The second-order valence-corrected chi connectivity index (χ2v) is 5.15. The molecule has 0 bridgehead atoms. The van der Waals surface area contributed by atoms with E-state index in [0.717, 1.165) is 23.2 Å². The summed E-state index contributed by atoms with van der Waals surface area (Å²) >= 11 is 0. The molecule has 0 saturated carbocycles. The van der Waals surface area contributed by atoms with E-state index < -0.39 is 0 Å². The molecule has 1 unspecified atom stereocenters. The quantitative estimate of drug-likeness (QED) is 0.871. The zero-order chi connectivity index (χ0) is 14.1. The van der Waals surface area contributed by atoms with Gasteiger partial charge >= 0.3 is 0 Å². The number of nitrogens with zero attached hydrogens (tertiary/aromatic N) is 1. The second-order valence-electron chi connectivity index (χ2n) is 5.15. The lowest BCUT2D eigenvalue weighted by atomic mass is 10.0. The van der Waals surface area contributed by atoms with Crippen LogP contribution in [0, 0.1) is 0 Å². The first-order valence-corrected chi connectivity index (χ1v) is 6.97. The van der Waals surface area contributed by atoms with Crippen LogP contribution in [-0.4, -0.2) is 25.0 Å². The van der Waals surface area contributed by atoms with Crippen molar-refractivity contribution in [3.8, 4) is 0 Å². The smallest absolute Gasteiger partial charge is 0.242 e. The molecule has 3 rings (SSSR count). The van der Waals surface area contributed by atoms with E-state index in [0.29, 0.717) is 13.1 Å². The third kappa shape index (κ3) is 2.02. The maximum atomic E-state index is 11.9. The number of nitrogens with one attached hydrogen (secondary N) is 1. The van der Waals surface area contributed by atoms with Crippen LogP contribution in [0.15, 0.2) is 36.4 Å². The molecule has 3 N–H and O–H groups in total. The van der Waals surface area contributed by atoms with E-state index in [1.54, 1.807) is 0 Å². The summed E-state index contributed by atoms with van der Waals surface area (Å²) in [5, 5.41) is 5.24. The topological polar surface area (TPSA) is 58.4 Å². The summed E-state index contributed by atoms with van der Waals surface area (Å²) < 4.78 is 0. The van der Waals surface area contributed by atoms with Crippen LogP contribution in [0.3, 0.4) is 0 Å². The number of amides is 1. The van der Waals surface area contributed by atoms with Gasteiger partial charge in [-0.25, -0.2) is 0 Å². The van der Waals surface area contributed by atoms with E-state index in [1.807, 2.05) is 19.1 Å². The summed E-state index contributed by atoms with van der Waals surface area (Å²) in [6.45, 7) is 3.99. The fourth-order valence-corrected chi connectivity index (χ4v) is 2.89. The number of benzene rings is 2. The van der Waals surface area contributed by atoms with Gasteiger partial charge in [-0.3, -0.25) is 4.79 Å². The summed E-state index contributed by atoms with van der Waals surface area (Å²) in [5.41, 5.74) is 8.06. The van der Waals surface area contributed by atoms with Gasteiger partial charge in [-0.15, -0.1) is 0 Å². The highest BCUT2D eigenvalue weighted by atomic mass is 16.2. The third-order valence-corrected chi connectivity index (χ3v) is 4.02. The zero-order valence-electron chi connectivity index (χ0n) is 11.6. The van der Waals surface area contributed by atoms with Crippen LogP contribution in [0.1, 0.15) is 12.5 Å². The zero-order valence-corrected chi connectivity index (χ0v) is 11.6. The summed E-state index contributed by atoms with van der Waals surface area (Å²) in [6, 6.07) is 12.3. The van der Waals surface area contributed by atoms with Crippen LogP contribution in [0.2, 0.25) is 0 Å². The van der Waals surface area contributed by atoms with Gasteiger partial charge in [-0.2, -0.15) is 0 Å². The Hall–Kier alpha value is -2.07. The number of anilines is 1. The van der Waals surface area contributed by atoms with Gasteiger partial charge in [0.05, 0.1) is 0 Å². The SMILES string of the molecule is CC1C(=O)NCCN1c1ccc(CN)c2ccccc12. The summed E-state index contributed by atoms with van der Waals surface area (Å²) in [4.78, 5) is 14.0. The second kappa shape index (κ2) is 5.13. The van der Waals surface area contributed by atoms with Crippen LogP contribution in [0.4, 0.5) is 5.69 Å². The fraction of sp³-hybridized carbons (Fsp3) is 0.312. The van der Waals surface area contributed by atoms with E-state index >= 15 is 0 Å². The monoisotopic (exact) mass is 269 g/mol. The lowest BCUT2D eigenvalue weighted by Gasteiger charge is -2.35. The maximum Gasteiger partial charge on any atom is 0.242 e. The molecular formula is C16H19N3O. The van der Waals surface area contributed by atoms with Crippen molar-refractivity contribution in [2.75, 3.05) is 18.0 Å². The summed E-state index contributed by atoms with van der Waals surface area (Å²) in [6.07, 6.45) is 0. The molecule has 4 heteroatoms. The molecule has 2 aromatic rings. The number of fused-ring (bicyclic) bond motifs is 1. The van der Waals surface area contributed by atoms with Crippen molar-refractivity contribution in [2.45, 2.75) is 19.5 Å². The predicted octanol–water partition coefficient (Wildman–Crippen LogP) is 1.62. The number of carbonyl (C=O) groups excluding carboxylic acids is 1. The minimum Gasteiger partial charge on any atom is -0.358 e. The van der Waals surface area contributed by atoms with Gasteiger partial charge < -0.3 is 16.0 Å². The van der Waals surface area contributed by atoms with Gasteiger partial charge in [0, 0.05) is 30.7 Å². The first kappa shape index (κ1) is 12.9. The van der Waals surface area contributed by atoms with Crippen molar-refractivity contribution in [3.63, 3.8) is 0 Å². The Kier molecular flexibility index (Phi) is 3.32. The van der Waals surface area contributed by atoms with E-state index in [4.69, 9.17) is 5.73 Å². The number of nitrogens with two attached hydrogens (primary N) is 1. The Morgan fingerprint density at radius 1 is 1.25 bits per heavy atom. The number of hydrogen-bond donors (Lipinski definition) is 2. The largest absolute Gasteiger partial charge is 0.358 e. The molecule has 1 saturated heterocycles. The first-order valence-electron chi connectivity index (χ1n) is 6.97. The number of carbonyl (C=O) groups is 1. The molecule has 1 amide bonds. The van der Waals surface area contributed by atoms with Crippen molar-refractivity contribution in [2.24, 2.45) is 5.73 Å². The molecule has 0 radical (unpaired) electrons. The van der Waals surface area contributed by atoms with Crippen LogP contribution >= 0.6 is 0 Å². The van der Waals surface area contributed by atoms with E-state index in [9.17, 15) is 4.79 Å². The number of hydrogen-bond acceptors (Lipinski definition) is 3. The lowest BCUT2D eigenvalue weighted by molar-refractivity contribution is -0.122. The number of piperazine rings is 1. The molecule has 0 spiro atoms. The average molecular weight is 269 g/mol. The van der Waals surface area contributed by atoms with Gasteiger partial charge in [0.25, 0.3) is 0 Å². The Morgan fingerprint density at radius 3 is 2.75 bits per heavy atom. The Labute approximate surface area is 118 Å². The van der Waals surface area contributed by atoms with Gasteiger partial charge in [-0.1, -0.05) is 30.3 Å². The normalized spacial score (nSPS) is 19.2. The minimum atomic E-state index is -0.143. The van der Waals surface area contributed by atoms with Gasteiger partial charge in [0.15, 0.2) is 0 Å². The molecule has 0 aliphatic carbocycles. The lowest BCUT2D eigenvalue weighted by Crippen LogP contribution is -2.54. The molecule has 1 atom stereocenters. The van der Waals surface area contributed by atoms with Gasteiger partial charge in [0.2, 0.25) is 5.91 Å². The highest BCUT2D eigenvalue weighted by Crippen LogP contribution is 2.31. The molecule has 4 nitrogen and oxygen atoms in total. The molecule has 2 aromatic carbocycles. The van der Waals surface area contributed by atoms with E-state index in [1.165, 1.54) is 5.39 Å². The first-order chi connectivity index (χ1) is 9.72. The molecule has 104 valence electrons. The Balaban J connectivity index is 2.14. The third-order valence-electron chi connectivity index (χ3n) is 4.02. The molecule has 1 aliphatic heterocycles. The van der Waals surface area contributed by atoms with Crippen LogP contribution < -0.4 is 16.0 Å². The van der Waals surface area contributed by atoms with Crippen LogP contribution in [0.25, 0.3) is 10.8 Å². The fourth-order valence-electron chi connectivity index (χ4n) is 2.89. The molecular weight excluding hydrogens is 250 g/mol. The highest BCUT2D eigenvalue weighted by molar-refractivity contribution is 5.98. The molecule has 1 heterocycles. The van der Waals surface area contributed by atoms with Crippen molar-refractivity contribution < 1.29 is 4.79 Å². The predicted molar refractivity (Wildman–Crippen MR) is 81.7 cm³/mol. The van der Waals surface area contributed by atoms with E-state index in [-0.39, 0.29) is 11.9 Å². The standard InChI is InChI=1S/C16H19N3O/c1-11-16(20)18-8-9-19(11)15-7-6-12(10-17)13-4-2-3-5-14(13)15/h2-7,11H,8-10,17H2,1H3,(H,18,20). The van der Waals surface area contributed by atoms with E-state index in [2.05, 4.69) is 34.5 Å². The van der Waals surface area contributed by atoms with Crippen molar-refractivity contribution in [3.05, 3.63) is 42.0 Å². The van der Waals surface area contributed by atoms with Crippen molar-refractivity contribution >= 4 is 22.4 Å². The summed E-state index contributed by atoms with van der Waals surface area (Å²) in [7, 11) is 0. The van der Waals surface area contributed by atoms with Crippen LogP contribution in [0.5, 0.6) is 0 Å². The Morgan fingerprint density at radius 2 is 2.00 bits per heavy atom. The van der Waals surface area contributed by atoms with Crippen LogP contribution in [-0.2, 0) is 11.3 Å². The highest BCUT2D eigenvalue weighted by Gasteiger charge is 2.26. The average Bonchev–Trinajstić information content (AvgIpc) is 2.49. The maximum absolute atomic E-state index is 11.9. The van der Waals surface area contributed by atoms with Gasteiger partial charge in [-0.05, 0) is 23.9 Å². The summed E-state index contributed by atoms with van der Waals surface area (Å²) in [5.74, 6) is 0.0863. The van der Waals surface area contributed by atoms with Gasteiger partial charge in [0.1, 0.15) is 6.04 Å². The number of rotatable bonds is 2. The molecule has 1 fully saturated rings. The van der Waals surface area contributed by atoms with Crippen molar-refractivity contribution in [1.82, 2.24) is 5.32 Å². The van der Waals surface area contributed by atoms with Crippen molar-refractivity contribution in [1.29, 1.82) is 0 Å². The molecule has 0 aromatic heterocycles. The Bertz CT molecular complexity index is 653. The molecule has 1 aliphatic rings. The minimum absolute atomic E-state index is 0.0863. The molecule has 20 heavy (non-hydrogen) atoms.